The average Bonchev–Trinajstić information content (AvgIpc) is 1.98. The molecule has 0 bridgehead atoms. The molecule has 1 aliphatic rings. The molecule has 1 aliphatic heterocycles. The second-order valence-electron chi connectivity index (χ2n) is 1.74. The van der Waals surface area contributed by atoms with Crippen LogP contribution in [-0.2, 0) is 9.63 Å². The third kappa shape index (κ3) is 0.677. The Morgan fingerprint density at radius 1 is 2.00 bits per heavy atom. The van der Waals surface area contributed by atoms with Gasteiger partial charge < -0.3 is 5.73 Å². The molecule has 0 aromatic carbocycles. The van der Waals surface area contributed by atoms with Gasteiger partial charge in [-0.25, -0.2) is 5.06 Å². The molecule has 0 aromatic rings. The minimum atomic E-state index is -0.444. The van der Waals surface area contributed by atoms with Crippen LogP contribution in [0.2, 0.25) is 0 Å². The maximum atomic E-state index is 10.6. The van der Waals surface area contributed by atoms with Crippen LogP contribution < -0.4 is 5.73 Å². The fraction of sp³-hybridized carbons (Fsp3) is 0.750. The standard InChI is InChI=1S/C4H8N2O2/c1-6-4(7)3(5)2-8-6/h3H,2,5H2,1H3/t3-/m1/s1. The fourth-order valence-corrected chi connectivity index (χ4v) is 0.561. The highest BCUT2D eigenvalue weighted by Gasteiger charge is 2.26. The first kappa shape index (κ1) is 5.53. The topological polar surface area (TPSA) is 55.6 Å². The van der Waals surface area contributed by atoms with Crippen molar-refractivity contribution in [2.75, 3.05) is 13.7 Å². The van der Waals surface area contributed by atoms with Crippen molar-refractivity contribution in [2.45, 2.75) is 6.04 Å². The number of likely N-dealkylation sites (N-methyl/N-ethyl adjacent to an activating group) is 1. The maximum absolute atomic E-state index is 10.6. The summed E-state index contributed by atoms with van der Waals surface area (Å²) >= 11 is 0. The highest BCUT2D eigenvalue weighted by atomic mass is 16.7. The van der Waals surface area contributed by atoms with Gasteiger partial charge in [-0.1, -0.05) is 0 Å². The van der Waals surface area contributed by atoms with Gasteiger partial charge in [-0.15, -0.1) is 0 Å². The maximum Gasteiger partial charge on any atom is 0.265 e. The third-order valence-electron chi connectivity index (χ3n) is 1.08. The monoisotopic (exact) mass is 116 g/mol. The Morgan fingerprint density at radius 2 is 2.62 bits per heavy atom. The molecule has 0 aromatic heterocycles. The van der Waals surface area contributed by atoms with Gasteiger partial charge in [0.05, 0.1) is 6.61 Å². The Kier molecular flexibility index (Phi) is 1.19. The molecular formula is C4H8N2O2. The number of carbonyl (C=O) groups is 1. The van der Waals surface area contributed by atoms with Crippen LogP contribution in [0.25, 0.3) is 0 Å². The van der Waals surface area contributed by atoms with Crippen LogP contribution in [-0.4, -0.2) is 30.7 Å². The van der Waals surface area contributed by atoms with Gasteiger partial charge in [0.1, 0.15) is 6.04 Å². The molecule has 1 rings (SSSR count). The van der Waals surface area contributed by atoms with Crippen molar-refractivity contribution in [3.8, 4) is 0 Å². The fourth-order valence-electron chi connectivity index (χ4n) is 0.561. The summed E-state index contributed by atoms with van der Waals surface area (Å²) in [6, 6.07) is -0.444. The Balaban J connectivity index is 2.57. The third-order valence-corrected chi connectivity index (χ3v) is 1.08. The predicted octanol–water partition coefficient (Wildman–Crippen LogP) is -1.28. The van der Waals surface area contributed by atoms with Crippen LogP contribution in [0.4, 0.5) is 0 Å². The molecule has 0 aliphatic carbocycles. The lowest BCUT2D eigenvalue weighted by atomic mass is 10.3. The van der Waals surface area contributed by atoms with E-state index in [2.05, 4.69) is 0 Å². The summed E-state index contributed by atoms with van der Waals surface area (Å²) in [6.45, 7) is 0.315. The lowest BCUT2D eigenvalue weighted by Gasteiger charge is -2.03. The molecule has 0 unspecified atom stereocenters. The summed E-state index contributed by atoms with van der Waals surface area (Å²) in [5, 5.41) is 1.16. The molecule has 2 N–H and O–H groups in total. The van der Waals surface area contributed by atoms with Crippen molar-refractivity contribution in [2.24, 2.45) is 5.73 Å². The van der Waals surface area contributed by atoms with Crippen molar-refractivity contribution < 1.29 is 9.63 Å². The van der Waals surface area contributed by atoms with Gasteiger partial charge in [-0.2, -0.15) is 0 Å². The smallest absolute Gasteiger partial charge is 0.265 e. The van der Waals surface area contributed by atoms with Crippen LogP contribution >= 0.6 is 0 Å². The minimum Gasteiger partial charge on any atom is -0.318 e. The molecule has 46 valence electrons. The van der Waals surface area contributed by atoms with Gasteiger partial charge >= 0.3 is 0 Å². The number of amides is 1. The van der Waals surface area contributed by atoms with Crippen molar-refractivity contribution in [1.29, 1.82) is 0 Å². The van der Waals surface area contributed by atoms with E-state index in [4.69, 9.17) is 10.6 Å². The van der Waals surface area contributed by atoms with Gasteiger partial charge in [-0.3, -0.25) is 9.63 Å². The number of hydroxylamine groups is 2. The molecule has 1 amide bonds. The predicted molar refractivity (Wildman–Crippen MR) is 26.7 cm³/mol. The zero-order valence-corrected chi connectivity index (χ0v) is 4.63. The Bertz CT molecular complexity index is 103. The Hall–Kier alpha value is -0.610. The molecule has 0 saturated carbocycles. The quantitative estimate of drug-likeness (QED) is 0.428. The normalized spacial score (nSPS) is 29.5. The summed E-state index contributed by atoms with van der Waals surface area (Å²) in [5.74, 6) is -0.148. The highest BCUT2D eigenvalue weighted by Crippen LogP contribution is 2.00. The SMILES string of the molecule is CN1OC[C@@H](N)C1=O. The van der Waals surface area contributed by atoms with Crippen molar-refractivity contribution >= 4 is 5.91 Å². The molecule has 4 heteroatoms. The zero-order valence-electron chi connectivity index (χ0n) is 4.63. The Morgan fingerprint density at radius 3 is 2.75 bits per heavy atom. The summed E-state index contributed by atoms with van der Waals surface area (Å²) in [6.07, 6.45) is 0. The van der Waals surface area contributed by atoms with Crippen LogP contribution in [0, 0.1) is 0 Å². The number of nitrogens with two attached hydrogens (primary N) is 1. The number of hydrogen-bond donors (Lipinski definition) is 1. The van der Waals surface area contributed by atoms with E-state index in [1.165, 1.54) is 0 Å². The van der Waals surface area contributed by atoms with Gasteiger partial charge in [0.15, 0.2) is 0 Å². The van der Waals surface area contributed by atoms with Gasteiger partial charge in [0.2, 0.25) is 0 Å². The summed E-state index contributed by atoms with van der Waals surface area (Å²) < 4.78 is 0. The molecule has 1 saturated heterocycles. The number of hydrogen-bond acceptors (Lipinski definition) is 3. The van der Waals surface area contributed by atoms with Crippen molar-refractivity contribution in [1.82, 2.24) is 5.06 Å². The highest BCUT2D eigenvalue weighted by molar-refractivity contribution is 5.81. The van der Waals surface area contributed by atoms with E-state index < -0.39 is 6.04 Å². The van der Waals surface area contributed by atoms with Gasteiger partial charge in [-0.05, 0) is 0 Å². The first-order valence-electron chi connectivity index (χ1n) is 2.38. The summed E-state index contributed by atoms with van der Waals surface area (Å²) in [7, 11) is 1.55. The Labute approximate surface area is 47.2 Å². The number of carbonyl (C=O) groups excluding carboxylic acids is 1. The van der Waals surface area contributed by atoms with E-state index in [1.807, 2.05) is 0 Å². The largest absolute Gasteiger partial charge is 0.318 e. The van der Waals surface area contributed by atoms with E-state index in [1.54, 1.807) is 7.05 Å². The first-order chi connectivity index (χ1) is 3.72. The van der Waals surface area contributed by atoms with Crippen LogP contribution in [0.5, 0.6) is 0 Å². The van der Waals surface area contributed by atoms with E-state index in [-0.39, 0.29) is 5.91 Å². The molecule has 8 heavy (non-hydrogen) atoms. The lowest BCUT2D eigenvalue weighted by molar-refractivity contribution is -0.154. The molecule has 1 fully saturated rings. The number of nitrogens with zero attached hydrogens (tertiary/aromatic N) is 1. The van der Waals surface area contributed by atoms with Crippen molar-refractivity contribution in [3.05, 3.63) is 0 Å². The van der Waals surface area contributed by atoms with Crippen LogP contribution in [0.3, 0.4) is 0 Å². The first-order valence-corrected chi connectivity index (χ1v) is 2.38. The van der Waals surface area contributed by atoms with Gasteiger partial charge in [0, 0.05) is 7.05 Å². The second-order valence-corrected chi connectivity index (χ2v) is 1.74. The van der Waals surface area contributed by atoms with Crippen LogP contribution in [0.1, 0.15) is 0 Å². The number of rotatable bonds is 0. The summed E-state index contributed by atoms with van der Waals surface area (Å²) in [4.78, 5) is 15.3. The molecular weight excluding hydrogens is 108 g/mol. The molecule has 1 heterocycles. The van der Waals surface area contributed by atoms with E-state index >= 15 is 0 Å². The molecule has 4 nitrogen and oxygen atoms in total. The molecule has 1 atom stereocenters. The molecule has 0 spiro atoms. The average molecular weight is 116 g/mol. The van der Waals surface area contributed by atoms with E-state index in [9.17, 15) is 4.79 Å². The zero-order chi connectivity index (χ0) is 6.15. The van der Waals surface area contributed by atoms with Crippen LogP contribution in [0.15, 0.2) is 0 Å². The van der Waals surface area contributed by atoms with Gasteiger partial charge in [0.25, 0.3) is 5.91 Å². The van der Waals surface area contributed by atoms with E-state index in [0.717, 1.165) is 5.06 Å². The van der Waals surface area contributed by atoms with Crippen molar-refractivity contribution in [3.63, 3.8) is 0 Å². The van der Waals surface area contributed by atoms with E-state index in [0.29, 0.717) is 6.61 Å². The summed E-state index contributed by atoms with van der Waals surface area (Å²) in [5.41, 5.74) is 5.25. The lowest BCUT2D eigenvalue weighted by Crippen LogP contribution is -2.32. The minimum absolute atomic E-state index is 0.148. The molecule has 0 radical (unpaired) electrons. The second kappa shape index (κ2) is 1.72.